The molecule has 1 aliphatic heterocycles. The quantitative estimate of drug-likeness (QED) is 0.457. The van der Waals surface area contributed by atoms with Crippen molar-refractivity contribution in [2.75, 3.05) is 13.3 Å². The van der Waals surface area contributed by atoms with E-state index in [0.29, 0.717) is 44.2 Å². The minimum atomic E-state index is -0.383. The average Bonchev–Trinajstić information content (AvgIpc) is 2.73. The Morgan fingerprint density at radius 1 is 1.33 bits per heavy atom. The molecule has 0 radical (unpaired) electrons. The molecule has 3 aromatic rings. The van der Waals surface area contributed by atoms with Crippen molar-refractivity contribution in [3.8, 4) is 5.75 Å². The summed E-state index contributed by atoms with van der Waals surface area (Å²) in [4.78, 5) is 30.2. The second-order valence-electron chi connectivity index (χ2n) is 7.40. The van der Waals surface area contributed by atoms with Crippen LogP contribution in [0, 0.1) is 6.92 Å². The predicted molar refractivity (Wildman–Crippen MR) is 111 cm³/mol. The second kappa shape index (κ2) is 8.67. The van der Waals surface area contributed by atoms with Gasteiger partial charge in [0.2, 0.25) is 0 Å². The van der Waals surface area contributed by atoms with Crippen LogP contribution in [0.1, 0.15) is 35.6 Å². The maximum Gasteiger partial charge on any atom is 0.336 e. The van der Waals surface area contributed by atoms with E-state index in [1.54, 1.807) is 13.1 Å². The fourth-order valence-corrected chi connectivity index (χ4v) is 3.81. The third kappa shape index (κ3) is 4.21. The van der Waals surface area contributed by atoms with E-state index in [2.05, 4.69) is 9.88 Å². The minimum Gasteiger partial charge on any atom is -0.477 e. The Morgan fingerprint density at radius 3 is 2.97 bits per heavy atom. The number of aromatic nitrogens is 1. The number of hydrogen-bond donors (Lipinski definition) is 0. The number of hydrogen-bond acceptors (Lipinski definition) is 7. The van der Waals surface area contributed by atoms with E-state index < -0.39 is 0 Å². The van der Waals surface area contributed by atoms with Crippen LogP contribution < -0.4 is 10.4 Å². The largest absolute Gasteiger partial charge is 0.477 e. The summed E-state index contributed by atoms with van der Waals surface area (Å²) < 4.78 is 16.8. The fourth-order valence-electron chi connectivity index (χ4n) is 3.81. The van der Waals surface area contributed by atoms with Crippen LogP contribution in [0.15, 0.2) is 45.9 Å². The first kappa shape index (κ1) is 20.1. The lowest BCUT2D eigenvalue weighted by Gasteiger charge is -2.31. The van der Waals surface area contributed by atoms with E-state index in [9.17, 15) is 9.59 Å². The summed E-state index contributed by atoms with van der Waals surface area (Å²) in [5.41, 5.74) is 3.83. The van der Waals surface area contributed by atoms with E-state index in [-0.39, 0.29) is 18.0 Å². The molecule has 0 N–H and O–H groups in total. The van der Waals surface area contributed by atoms with Crippen LogP contribution in [-0.4, -0.2) is 29.2 Å². The van der Waals surface area contributed by atoms with Crippen LogP contribution in [0.5, 0.6) is 5.75 Å². The normalized spacial score (nSPS) is 13.7. The number of carbonyl (C=O) groups is 1. The Balaban J connectivity index is 1.71. The highest BCUT2D eigenvalue weighted by molar-refractivity contribution is 5.86. The van der Waals surface area contributed by atoms with Crippen LogP contribution in [0.2, 0.25) is 0 Å². The lowest BCUT2D eigenvalue weighted by Crippen LogP contribution is -2.32. The van der Waals surface area contributed by atoms with Gasteiger partial charge >= 0.3 is 11.6 Å². The number of esters is 1. The van der Waals surface area contributed by atoms with Crippen molar-refractivity contribution in [2.24, 2.45) is 0 Å². The van der Waals surface area contributed by atoms with E-state index in [0.717, 1.165) is 27.6 Å². The first-order valence-electron chi connectivity index (χ1n) is 10.0. The molecule has 0 saturated carbocycles. The molecule has 4 rings (SSSR count). The van der Waals surface area contributed by atoms with E-state index in [1.807, 2.05) is 31.3 Å². The van der Waals surface area contributed by atoms with Crippen molar-refractivity contribution in [3.63, 3.8) is 0 Å². The summed E-state index contributed by atoms with van der Waals surface area (Å²) in [7, 11) is 0. The van der Waals surface area contributed by atoms with E-state index >= 15 is 0 Å². The van der Waals surface area contributed by atoms with Gasteiger partial charge in [0.05, 0.1) is 12.2 Å². The zero-order valence-corrected chi connectivity index (χ0v) is 17.1. The Morgan fingerprint density at radius 2 is 2.20 bits per heavy atom. The minimum absolute atomic E-state index is 0.239. The molecule has 2 aromatic heterocycles. The molecule has 0 atom stereocenters. The van der Waals surface area contributed by atoms with Crippen LogP contribution >= 0.6 is 0 Å². The zero-order valence-electron chi connectivity index (χ0n) is 17.1. The van der Waals surface area contributed by atoms with Crippen molar-refractivity contribution in [3.05, 3.63) is 69.3 Å². The molecule has 156 valence electrons. The fraction of sp³-hybridized carbons (Fsp3) is 0.348. The smallest absolute Gasteiger partial charge is 0.336 e. The molecular formula is C23H24N2O5. The first-order valence-corrected chi connectivity index (χ1v) is 10.0. The number of fused-ring (bicyclic) bond motifs is 3. The van der Waals surface area contributed by atoms with Gasteiger partial charge < -0.3 is 13.9 Å². The van der Waals surface area contributed by atoms with Gasteiger partial charge in [-0.1, -0.05) is 6.07 Å². The number of rotatable bonds is 6. The molecule has 7 nitrogen and oxygen atoms in total. The van der Waals surface area contributed by atoms with Crippen molar-refractivity contribution in [1.82, 2.24) is 9.88 Å². The molecule has 0 aliphatic carbocycles. The molecule has 0 fully saturated rings. The Labute approximate surface area is 174 Å². The number of ether oxygens (including phenoxy) is 2. The summed E-state index contributed by atoms with van der Waals surface area (Å²) >= 11 is 0. The number of nitrogens with zero attached hydrogens (tertiary/aromatic N) is 2. The molecule has 1 aliphatic rings. The van der Waals surface area contributed by atoms with Crippen molar-refractivity contribution >= 4 is 16.9 Å². The number of pyridine rings is 1. The van der Waals surface area contributed by atoms with Gasteiger partial charge in [-0.3, -0.25) is 14.7 Å². The van der Waals surface area contributed by atoms with Gasteiger partial charge in [-0.15, -0.1) is 0 Å². The van der Waals surface area contributed by atoms with Gasteiger partial charge in [0.15, 0.2) is 0 Å². The van der Waals surface area contributed by atoms with Gasteiger partial charge in [0.1, 0.15) is 18.1 Å². The van der Waals surface area contributed by atoms with Crippen LogP contribution in [-0.2, 0) is 29.0 Å². The highest BCUT2D eigenvalue weighted by Gasteiger charge is 2.25. The monoisotopic (exact) mass is 408 g/mol. The van der Waals surface area contributed by atoms with Crippen molar-refractivity contribution < 1.29 is 18.7 Å². The summed E-state index contributed by atoms with van der Waals surface area (Å²) in [5.74, 6) is 0.458. The third-order valence-electron chi connectivity index (χ3n) is 5.17. The topological polar surface area (TPSA) is 81.9 Å². The molecule has 0 bridgehead atoms. The zero-order chi connectivity index (χ0) is 21.1. The number of benzene rings is 1. The molecular weight excluding hydrogens is 384 g/mol. The molecule has 0 saturated heterocycles. The molecule has 0 unspecified atom stereocenters. The standard InChI is InChI=1S/C23H24N2O5/c1-3-28-20(26)7-6-17-10-18-15(2)9-21(27)30-23(18)19-13-25(14-29-22(17)19)12-16-5-4-8-24-11-16/h4-5,8-11H,3,6-7,12-14H2,1-2H3. The SMILES string of the molecule is CCOC(=O)CCc1cc2c(C)cc(=O)oc2c2c1OCN(Cc1cccnc1)C2. The molecule has 3 heterocycles. The highest BCUT2D eigenvalue weighted by atomic mass is 16.5. The summed E-state index contributed by atoms with van der Waals surface area (Å²) in [6.07, 6.45) is 4.34. The molecule has 1 aromatic carbocycles. The van der Waals surface area contributed by atoms with Crippen LogP contribution in [0.4, 0.5) is 0 Å². The molecule has 7 heteroatoms. The number of carbonyl (C=O) groups excluding carboxylic acids is 1. The predicted octanol–water partition coefficient (Wildman–Crippen LogP) is 3.34. The van der Waals surface area contributed by atoms with Gasteiger partial charge in [-0.25, -0.2) is 4.79 Å². The Kier molecular flexibility index (Phi) is 5.81. The number of aryl methyl sites for hydroxylation is 2. The summed E-state index contributed by atoms with van der Waals surface area (Å²) in [6.45, 7) is 5.67. The molecule has 30 heavy (non-hydrogen) atoms. The van der Waals surface area contributed by atoms with Crippen molar-refractivity contribution in [2.45, 2.75) is 39.8 Å². The van der Waals surface area contributed by atoms with E-state index in [1.165, 1.54) is 6.07 Å². The van der Waals surface area contributed by atoms with Gasteiger partial charge in [-0.2, -0.15) is 0 Å². The molecule has 0 amide bonds. The summed E-state index contributed by atoms with van der Waals surface area (Å²) in [6, 6.07) is 7.36. The maximum atomic E-state index is 12.0. The first-order chi connectivity index (χ1) is 14.5. The third-order valence-corrected chi connectivity index (χ3v) is 5.17. The summed E-state index contributed by atoms with van der Waals surface area (Å²) in [5, 5.41) is 0.860. The van der Waals surface area contributed by atoms with Crippen LogP contribution in [0.3, 0.4) is 0 Å². The highest BCUT2D eigenvalue weighted by Crippen LogP contribution is 2.37. The molecule has 0 spiro atoms. The van der Waals surface area contributed by atoms with Gasteiger partial charge in [0.25, 0.3) is 0 Å². The lowest BCUT2D eigenvalue weighted by atomic mass is 9.97. The van der Waals surface area contributed by atoms with E-state index in [4.69, 9.17) is 13.9 Å². The lowest BCUT2D eigenvalue weighted by molar-refractivity contribution is -0.143. The van der Waals surface area contributed by atoms with Crippen LogP contribution in [0.25, 0.3) is 11.0 Å². The maximum absolute atomic E-state index is 12.0. The average molecular weight is 408 g/mol. The second-order valence-corrected chi connectivity index (χ2v) is 7.40. The Hall–Kier alpha value is -3.19. The Bertz CT molecular complexity index is 1120. The van der Waals surface area contributed by atoms with Gasteiger partial charge in [-0.05, 0) is 49.1 Å². The van der Waals surface area contributed by atoms with Gasteiger partial charge in [0, 0.05) is 43.4 Å². The van der Waals surface area contributed by atoms with Crippen molar-refractivity contribution in [1.29, 1.82) is 0 Å².